The van der Waals surface area contributed by atoms with E-state index in [2.05, 4.69) is 5.32 Å². The number of nitrogens with one attached hydrogen (secondary N) is 1. The second-order valence-corrected chi connectivity index (χ2v) is 9.08. The molecular formula is C16H22N2O4S. The van der Waals surface area contributed by atoms with Crippen LogP contribution in [0.4, 0.5) is 5.69 Å². The van der Waals surface area contributed by atoms with Crippen LogP contribution in [0.1, 0.15) is 25.7 Å². The molecule has 2 fully saturated rings. The Labute approximate surface area is 135 Å². The third-order valence-corrected chi connectivity index (χ3v) is 5.98. The van der Waals surface area contributed by atoms with Crippen LogP contribution in [0, 0.1) is 17.8 Å². The maximum atomic E-state index is 12.4. The molecule has 1 aromatic heterocycles. The van der Waals surface area contributed by atoms with E-state index < -0.39 is 9.84 Å². The van der Waals surface area contributed by atoms with Crippen LogP contribution >= 0.6 is 0 Å². The van der Waals surface area contributed by atoms with Crippen LogP contribution < -0.4 is 10.9 Å². The topological polar surface area (TPSA) is 85.2 Å². The van der Waals surface area contributed by atoms with Gasteiger partial charge in [0.15, 0.2) is 0 Å². The first-order chi connectivity index (χ1) is 10.8. The van der Waals surface area contributed by atoms with E-state index in [-0.39, 0.29) is 35.4 Å². The highest BCUT2D eigenvalue weighted by Gasteiger charge is 2.43. The van der Waals surface area contributed by atoms with Gasteiger partial charge in [-0.2, -0.15) is 0 Å². The number of anilines is 1. The van der Waals surface area contributed by atoms with E-state index in [1.54, 1.807) is 18.3 Å². The van der Waals surface area contributed by atoms with Crippen molar-refractivity contribution in [3.8, 4) is 0 Å². The normalized spacial score (nSPS) is 26.4. The average molecular weight is 338 g/mol. The predicted octanol–water partition coefficient (Wildman–Crippen LogP) is 1.27. The highest BCUT2D eigenvalue weighted by Crippen LogP contribution is 2.48. The van der Waals surface area contributed by atoms with E-state index in [0.29, 0.717) is 11.8 Å². The number of hydrogen-bond acceptors (Lipinski definition) is 4. The smallest absolute Gasteiger partial charge is 0.274 e. The summed E-state index contributed by atoms with van der Waals surface area (Å²) in [6.07, 6.45) is 7.06. The third kappa shape index (κ3) is 3.65. The van der Waals surface area contributed by atoms with Crippen LogP contribution in [0.5, 0.6) is 0 Å². The number of nitrogens with zero attached hydrogens (tertiary/aromatic N) is 1. The molecule has 3 rings (SSSR count). The third-order valence-electron chi connectivity index (χ3n) is 5.06. The molecule has 6 nitrogen and oxygen atoms in total. The number of carbonyl (C=O) groups is 1. The number of sulfone groups is 1. The highest BCUT2D eigenvalue weighted by molar-refractivity contribution is 7.90. The maximum absolute atomic E-state index is 12.4. The molecule has 0 radical (unpaired) electrons. The monoisotopic (exact) mass is 338 g/mol. The van der Waals surface area contributed by atoms with Crippen LogP contribution in [0.2, 0.25) is 0 Å². The lowest BCUT2D eigenvalue weighted by molar-refractivity contribution is -0.121. The number of aromatic nitrogens is 1. The Bertz CT molecular complexity index is 769. The molecule has 2 aliphatic carbocycles. The summed E-state index contributed by atoms with van der Waals surface area (Å²) in [7, 11) is -3.14. The fourth-order valence-electron chi connectivity index (χ4n) is 3.86. The van der Waals surface area contributed by atoms with Crippen molar-refractivity contribution in [1.29, 1.82) is 0 Å². The van der Waals surface area contributed by atoms with E-state index in [1.165, 1.54) is 11.0 Å². The summed E-state index contributed by atoms with van der Waals surface area (Å²) in [5, 5.41) is 2.75. The van der Waals surface area contributed by atoms with Gasteiger partial charge in [0.1, 0.15) is 15.5 Å². The molecule has 1 N–H and O–H groups in total. The van der Waals surface area contributed by atoms with E-state index in [9.17, 15) is 18.0 Å². The van der Waals surface area contributed by atoms with Crippen molar-refractivity contribution in [1.82, 2.24) is 4.57 Å². The van der Waals surface area contributed by atoms with Crippen molar-refractivity contribution >= 4 is 21.4 Å². The minimum atomic E-state index is -3.14. The molecule has 2 bridgehead atoms. The summed E-state index contributed by atoms with van der Waals surface area (Å²) < 4.78 is 23.8. The van der Waals surface area contributed by atoms with Crippen molar-refractivity contribution in [3.05, 3.63) is 28.7 Å². The zero-order valence-electron chi connectivity index (χ0n) is 13.2. The van der Waals surface area contributed by atoms with Gasteiger partial charge in [-0.05, 0) is 43.2 Å². The fourth-order valence-corrected chi connectivity index (χ4v) is 4.39. The second-order valence-electron chi connectivity index (χ2n) is 6.82. The molecule has 1 heterocycles. The summed E-state index contributed by atoms with van der Waals surface area (Å²) in [6.45, 7) is 0.0928. The largest absolute Gasteiger partial charge is 0.321 e. The number of aryl methyl sites for hydroxylation is 1. The minimum Gasteiger partial charge on any atom is -0.321 e. The lowest BCUT2D eigenvalue weighted by Gasteiger charge is -2.20. The van der Waals surface area contributed by atoms with Crippen molar-refractivity contribution < 1.29 is 13.2 Å². The zero-order valence-corrected chi connectivity index (χ0v) is 14.0. The quantitative estimate of drug-likeness (QED) is 0.876. The van der Waals surface area contributed by atoms with Gasteiger partial charge in [0.2, 0.25) is 5.91 Å². The molecule has 23 heavy (non-hydrogen) atoms. The fraction of sp³-hybridized carbons (Fsp3) is 0.625. The van der Waals surface area contributed by atoms with Crippen LogP contribution in [-0.4, -0.2) is 30.9 Å². The summed E-state index contributed by atoms with van der Waals surface area (Å²) in [5.41, 5.74) is -0.124. The van der Waals surface area contributed by atoms with Crippen molar-refractivity contribution in [2.75, 3.05) is 17.3 Å². The van der Waals surface area contributed by atoms with Gasteiger partial charge in [0, 0.05) is 24.9 Å². The lowest BCUT2D eigenvalue weighted by Crippen LogP contribution is -2.32. The number of pyridine rings is 1. The Morgan fingerprint density at radius 1 is 1.35 bits per heavy atom. The van der Waals surface area contributed by atoms with Gasteiger partial charge in [0.25, 0.3) is 5.56 Å². The standard InChI is InChI=1S/C16H22N2O4S/c1-23(21,22)8-7-18-6-2-3-14(16(18)20)17-15(19)13-10-11-4-5-12(13)9-11/h2-3,6,11-13H,4-5,7-10H2,1H3,(H,17,19)/t11-,12-,13+/m0/s1. The minimum absolute atomic E-state index is 0.0119. The van der Waals surface area contributed by atoms with Crippen molar-refractivity contribution in [2.24, 2.45) is 17.8 Å². The Hall–Kier alpha value is -1.63. The Morgan fingerprint density at radius 3 is 2.74 bits per heavy atom. The Kier molecular flexibility index (Phi) is 4.31. The number of rotatable bonds is 5. The zero-order chi connectivity index (χ0) is 16.6. The van der Waals surface area contributed by atoms with Crippen molar-refractivity contribution in [3.63, 3.8) is 0 Å². The molecule has 7 heteroatoms. The van der Waals surface area contributed by atoms with Crippen LogP contribution in [0.25, 0.3) is 0 Å². The molecule has 0 aliphatic heterocycles. The molecule has 0 unspecified atom stereocenters. The van der Waals surface area contributed by atoms with E-state index >= 15 is 0 Å². The van der Waals surface area contributed by atoms with Gasteiger partial charge in [-0.25, -0.2) is 8.42 Å². The van der Waals surface area contributed by atoms with E-state index in [4.69, 9.17) is 0 Å². The Balaban J connectivity index is 1.70. The molecule has 2 saturated carbocycles. The van der Waals surface area contributed by atoms with Gasteiger partial charge in [-0.1, -0.05) is 6.42 Å². The first-order valence-electron chi connectivity index (χ1n) is 8.01. The molecule has 1 amide bonds. The molecule has 0 aromatic carbocycles. The summed E-state index contributed by atoms with van der Waals surface area (Å²) in [4.78, 5) is 24.8. The van der Waals surface area contributed by atoms with Crippen LogP contribution in [0.3, 0.4) is 0 Å². The number of fused-ring (bicyclic) bond motifs is 2. The molecule has 0 spiro atoms. The lowest BCUT2D eigenvalue weighted by atomic mass is 9.88. The highest BCUT2D eigenvalue weighted by atomic mass is 32.2. The summed E-state index contributed by atoms with van der Waals surface area (Å²) >= 11 is 0. The molecule has 1 aromatic rings. The van der Waals surface area contributed by atoms with Gasteiger partial charge in [-0.15, -0.1) is 0 Å². The predicted molar refractivity (Wildman–Crippen MR) is 88.0 cm³/mol. The molecule has 2 aliphatic rings. The summed E-state index contributed by atoms with van der Waals surface area (Å²) in [6, 6.07) is 3.23. The molecule has 3 atom stereocenters. The number of carbonyl (C=O) groups excluding carboxylic acids is 1. The van der Waals surface area contributed by atoms with E-state index in [1.807, 2.05) is 0 Å². The van der Waals surface area contributed by atoms with E-state index in [0.717, 1.165) is 25.5 Å². The Morgan fingerprint density at radius 2 is 2.13 bits per heavy atom. The van der Waals surface area contributed by atoms with Gasteiger partial charge >= 0.3 is 0 Å². The van der Waals surface area contributed by atoms with Crippen LogP contribution in [-0.2, 0) is 21.2 Å². The SMILES string of the molecule is CS(=O)(=O)CCn1cccc(NC(=O)[C@@H]2C[C@H]3CC[C@H]2C3)c1=O. The van der Waals surface area contributed by atoms with Gasteiger partial charge in [0.05, 0.1) is 5.75 Å². The van der Waals surface area contributed by atoms with Crippen LogP contribution in [0.15, 0.2) is 23.1 Å². The molecular weight excluding hydrogens is 316 g/mol. The van der Waals surface area contributed by atoms with Gasteiger partial charge in [-0.3, -0.25) is 9.59 Å². The molecule has 0 saturated heterocycles. The van der Waals surface area contributed by atoms with Crippen molar-refractivity contribution in [2.45, 2.75) is 32.2 Å². The first-order valence-corrected chi connectivity index (χ1v) is 10.1. The maximum Gasteiger partial charge on any atom is 0.274 e. The number of hydrogen-bond donors (Lipinski definition) is 1. The average Bonchev–Trinajstić information content (AvgIpc) is 3.10. The first kappa shape index (κ1) is 16.2. The number of amides is 1. The summed E-state index contributed by atoms with van der Waals surface area (Å²) in [5.74, 6) is 0.957. The van der Waals surface area contributed by atoms with Gasteiger partial charge < -0.3 is 9.88 Å². The second kappa shape index (κ2) is 6.11. The molecule has 126 valence electrons.